The van der Waals surface area contributed by atoms with E-state index in [1.807, 2.05) is 42.5 Å². The number of aromatic hydroxyl groups is 1. The first-order valence-electron chi connectivity index (χ1n) is 8.24. The van der Waals surface area contributed by atoms with Crippen LogP contribution in [0.2, 0.25) is 0 Å². The SMILES string of the molecule is COc1ccc2nc(-c3ccccc3O)cc([Se]c3ccccc3)c2c1. The molecule has 0 unspecified atom stereocenters. The fourth-order valence-corrected chi connectivity index (χ4v) is 4.91. The number of rotatable bonds is 4. The summed E-state index contributed by atoms with van der Waals surface area (Å²) < 4.78 is 7.90. The molecule has 1 N–H and O–H groups in total. The molecule has 0 fully saturated rings. The van der Waals surface area contributed by atoms with E-state index in [0.717, 1.165) is 27.9 Å². The van der Waals surface area contributed by atoms with Crippen LogP contribution in [-0.4, -0.2) is 32.2 Å². The van der Waals surface area contributed by atoms with Gasteiger partial charge in [-0.15, -0.1) is 0 Å². The summed E-state index contributed by atoms with van der Waals surface area (Å²) in [5.41, 5.74) is 2.43. The molecule has 4 heteroatoms. The van der Waals surface area contributed by atoms with Gasteiger partial charge in [-0.3, -0.25) is 0 Å². The van der Waals surface area contributed by atoms with E-state index >= 15 is 0 Å². The zero-order chi connectivity index (χ0) is 17.9. The van der Waals surface area contributed by atoms with Gasteiger partial charge in [-0.2, -0.15) is 0 Å². The third-order valence-corrected chi connectivity index (χ3v) is 6.36. The van der Waals surface area contributed by atoms with Gasteiger partial charge in [0.1, 0.15) is 0 Å². The van der Waals surface area contributed by atoms with Crippen molar-refractivity contribution >= 4 is 34.8 Å². The van der Waals surface area contributed by atoms with Gasteiger partial charge in [0.05, 0.1) is 0 Å². The number of para-hydroxylation sites is 1. The minimum absolute atomic E-state index is 0.119. The van der Waals surface area contributed by atoms with Crippen LogP contribution in [-0.2, 0) is 0 Å². The van der Waals surface area contributed by atoms with Crippen LogP contribution in [0.15, 0.2) is 78.9 Å². The van der Waals surface area contributed by atoms with Crippen molar-refractivity contribution in [3.05, 3.63) is 78.9 Å². The van der Waals surface area contributed by atoms with Gasteiger partial charge in [-0.05, 0) is 0 Å². The van der Waals surface area contributed by atoms with Crippen LogP contribution in [0.3, 0.4) is 0 Å². The number of hydrogen-bond acceptors (Lipinski definition) is 3. The van der Waals surface area contributed by atoms with Gasteiger partial charge in [-0.1, -0.05) is 0 Å². The van der Waals surface area contributed by atoms with E-state index in [9.17, 15) is 5.11 Å². The van der Waals surface area contributed by atoms with E-state index < -0.39 is 0 Å². The number of phenols is 1. The first-order valence-corrected chi connectivity index (χ1v) is 9.96. The molecule has 1 heterocycles. The Labute approximate surface area is 158 Å². The molecule has 0 atom stereocenters. The van der Waals surface area contributed by atoms with Gasteiger partial charge in [0.2, 0.25) is 0 Å². The molecule has 26 heavy (non-hydrogen) atoms. The topological polar surface area (TPSA) is 42.4 Å². The predicted octanol–water partition coefficient (Wildman–Crippen LogP) is 3.27. The molecule has 4 aromatic rings. The molecule has 0 saturated carbocycles. The zero-order valence-electron chi connectivity index (χ0n) is 14.2. The molecule has 0 radical (unpaired) electrons. The number of aromatic nitrogens is 1. The molecule has 0 bridgehead atoms. The Balaban J connectivity index is 1.92. The number of nitrogens with zero attached hydrogens (tertiary/aromatic N) is 1. The fourth-order valence-electron chi connectivity index (χ4n) is 2.83. The van der Waals surface area contributed by atoms with E-state index in [2.05, 4.69) is 30.3 Å². The van der Waals surface area contributed by atoms with Crippen molar-refractivity contribution in [2.75, 3.05) is 7.11 Å². The molecule has 3 nitrogen and oxygen atoms in total. The second-order valence-corrected chi connectivity index (χ2v) is 8.16. The van der Waals surface area contributed by atoms with Crippen molar-refractivity contribution in [1.29, 1.82) is 0 Å². The number of fused-ring (bicyclic) bond motifs is 1. The van der Waals surface area contributed by atoms with Gasteiger partial charge in [0.15, 0.2) is 0 Å². The summed E-state index contributed by atoms with van der Waals surface area (Å²) in [5.74, 6) is 1.06. The summed E-state index contributed by atoms with van der Waals surface area (Å²) in [6, 6.07) is 25.8. The molecular weight excluding hydrogens is 389 g/mol. The maximum absolute atomic E-state index is 10.2. The molecule has 0 saturated heterocycles. The molecule has 128 valence electrons. The van der Waals surface area contributed by atoms with Crippen LogP contribution in [0.4, 0.5) is 0 Å². The fraction of sp³-hybridized carbons (Fsp3) is 0.0455. The van der Waals surface area contributed by atoms with E-state index in [0.29, 0.717) is 0 Å². The van der Waals surface area contributed by atoms with Crippen LogP contribution in [0.5, 0.6) is 11.5 Å². The van der Waals surface area contributed by atoms with E-state index in [1.54, 1.807) is 13.2 Å². The first-order chi connectivity index (χ1) is 12.7. The van der Waals surface area contributed by atoms with Crippen molar-refractivity contribution in [3.8, 4) is 22.8 Å². The molecule has 3 aromatic carbocycles. The summed E-state index contributed by atoms with van der Waals surface area (Å²) >= 11 is 0.119. The van der Waals surface area contributed by atoms with Crippen LogP contribution in [0, 0.1) is 0 Å². The number of benzene rings is 3. The Morgan fingerprint density at radius 2 is 1.65 bits per heavy atom. The van der Waals surface area contributed by atoms with E-state index in [1.165, 1.54) is 8.92 Å². The van der Waals surface area contributed by atoms with Crippen molar-refractivity contribution in [2.45, 2.75) is 0 Å². The molecule has 4 rings (SSSR count). The van der Waals surface area contributed by atoms with Gasteiger partial charge < -0.3 is 0 Å². The summed E-state index contributed by atoms with van der Waals surface area (Å²) in [6.45, 7) is 0. The monoisotopic (exact) mass is 407 g/mol. The Morgan fingerprint density at radius 3 is 2.42 bits per heavy atom. The average molecular weight is 406 g/mol. The number of phenolic OH excluding ortho intramolecular Hbond substituents is 1. The van der Waals surface area contributed by atoms with Gasteiger partial charge in [-0.25, -0.2) is 0 Å². The van der Waals surface area contributed by atoms with Gasteiger partial charge in [0, 0.05) is 0 Å². The van der Waals surface area contributed by atoms with Crippen LogP contribution in [0.1, 0.15) is 0 Å². The van der Waals surface area contributed by atoms with Gasteiger partial charge >= 0.3 is 158 Å². The second kappa shape index (κ2) is 7.20. The molecular formula is C22H17NO2Se. The van der Waals surface area contributed by atoms with Crippen LogP contribution < -0.4 is 13.7 Å². The van der Waals surface area contributed by atoms with Crippen molar-refractivity contribution in [1.82, 2.24) is 4.98 Å². The number of hydrogen-bond donors (Lipinski definition) is 1. The standard InChI is InChI=1S/C22H17NO2Se/c1-25-15-11-12-19-18(13-15)22(26-16-7-3-2-4-8-16)14-20(23-19)17-9-5-6-10-21(17)24/h2-14,24H,1H3. The Kier molecular flexibility index (Phi) is 4.61. The molecule has 0 amide bonds. The van der Waals surface area contributed by atoms with Crippen LogP contribution in [0.25, 0.3) is 22.2 Å². The van der Waals surface area contributed by atoms with Crippen LogP contribution >= 0.6 is 0 Å². The summed E-state index contributed by atoms with van der Waals surface area (Å²) in [7, 11) is 1.67. The van der Waals surface area contributed by atoms with E-state index in [4.69, 9.17) is 9.72 Å². The molecule has 0 aliphatic carbocycles. The average Bonchev–Trinajstić information content (AvgIpc) is 2.69. The number of ether oxygens (including phenoxy) is 1. The van der Waals surface area contributed by atoms with Crippen molar-refractivity contribution in [3.63, 3.8) is 0 Å². The predicted molar refractivity (Wildman–Crippen MR) is 107 cm³/mol. The normalized spacial score (nSPS) is 10.8. The van der Waals surface area contributed by atoms with Crippen molar-refractivity contribution in [2.24, 2.45) is 0 Å². The molecule has 1 aromatic heterocycles. The summed E-state index contributed by atoms with van der Waals surface area (Å²) in [4.78, 5) is 4.78. The Bertz CT molecular complexity index is 1060. The Hall–Kier alpha value is -2.81. The quantitative estimate of drug-likeness (QED) is 0.529. The molecule has 0 aliphatic rings. The number of pyridine rings is 1. The van der Waals surface area contributed by atoms with Crippen molar-refractivity contribution < 1.29 is 9.84 Å². The zero-order valence-corrected chi connectivity index (χ0v) is 15.9. The first kappa shape index (κ1) is 16.6. The summed E-state index contributed by atoms with van der Waals surface area (Å²) in [5, 5.41) is 11.3. The molecule has 0 spiro atoms. The van der Waals surface area contributed by atoms with E-state index in [-0.39, 0.29) is 20.7 Å². The Morgan fingerprint density at radius 1 is 0.885 bits per heavy atom. The third-order valence-electron chi connectivity index (χ3n) is 4.13. The van der Waals surface area contributed by atoms with Gasteiger partial charge in [0.25, 0.3) is 0 Å². The maximum atomic E-state index is 10.2. The third kappa shape index (κ3) is 3.30. The summed E-state index contributed by atoms with van der Waals surface area (Å²) in [6.07, 6.45) is 0. The second-order valence-electron chi connectivity index (χ2n) is 5.82. The minimum atomic E-state index is 0.119. The number of methoxy groups -OCH3 is 1. The molecule has 0 aliphatic heterocycles.